The molecule has 0 saturated heterocycles. The van der Waals surface area contributed by atoms with Crippen molar-refractivity contribution in [1.29, 1.82) is 0 Å². The van der Waals surface area contributed by atoms with Gasteiger partial charge in [-0.3, -0.25) is 14.2 Å². The van der Waals surface area contributed by atoms with Crippen molar-refractivity contribution in [3.63, 3.8) is 0 Å². The molecule has 34 heavy (non-hydrogen) atoms. The number of carbonyl (C=O) groups is 1. The van der Waals surface area contributed by atoms with E-state index in [0.29, 0.717) is 11.2 Å². The number of amides is 1. The lowest BCUT2D eigenvalue weighted by Gasteiger charge is -2.22. The first-order valence-corrected chi connectivity index (χ1v) is 11.2. The van der Waals surface area contributed by atoms with Gasteiger partial charge in [-0.05, 0) is 49.4 Å². The van der Waals surface area contributed by atoms with Crippen LogP contribution >= 0.6 is 11.8 Å². The van der Waals surface area contributed by atoms with Crippen molar-refractivity contribution in [1.82, 2.24) is 9.55 Å². The number of hydrogen-bond donors (Lipinski definition) is 0. The minimum Gasteiger partial charge on any atom is -0.315 e. The fraction of sp³-hybridized carbons (Fsp3) is 0.160. The molecule has 0 saturated carbocycles. The Hall–Kier alpha value is -3.59. The Morgan fingerprint density at radius 1 is 1.00 bits per heavy atom. The second-order valence-corrected chi connectivity index (χ2v) is 8.90. The summed E-state index contributed by atoms with van der Waals surface area (Å²) in [4.78, 5) is 32.4. The number of carbonyl (C=O) groups excluding carboxylic acids is 1. The molecule has 0 spiro atoms. The van der Waals surface area contributed by atoms with Crippen molar-refractivity contribution >= 4 is 34.3 Å². The Morgan fingerprint density at radius 3 is 2.38 bits per heavy atom. The van der Waals surface area contributed by atoms with Crippen LogP contribution in [0.3, 0.4) is 0 Å². The quantitative estimate of drug-likeness (QED) is 0.276. The summed E-state index contributed by atoms with van der Waals surface area (Å²) in [5.74, 6) is -0.241. The highest BCUT2D eigenvalue weighted by Crippen LogP contribution is 2.32. The lowest BCUT2D eigenvalue weighted by Crippen LogP contribution is -2.33. The standard InChI is InChI=1S/C25H20F3N3O2S/c1-16(22(32)30(2)18-10-4-3-5-11-18)34-24-29-21-14-7-6-13-20(21)23(33)31(24)19-12-8-9-17(15-19)25(26,27)28/h3-16H,1-2H3. The Bertz CT molecular complexity index is 1400. The van der Waals surface area contributed by atoms with E-state index in [1.54, 1.807) is 50.4 Å². The monoisotopic (exact) mass is 483 g/mol. The SMILES string of the molecule is CC(Sc1nc2ccccc2c(=O)n1-c1cccc(C(F)(F)F)c1)C(=O)N(C)c1ccccc1. The van der Waals surface area contributed by atoms with Crippen molar-refractivity contribution in [2.24, 2.45) is 0 Å². The van der Waals surface area contributed by atoms with Crippen LogP contribution in [0.25, 0.3) is 16.6 Å². The zero-order chi connectivity index (χ0) is 24.5. The topological polar surface area (TPSA) is 55.2 Å². The van der Waals surface area contributed by atoms with Gasteiger partial charge in [0, 0.05) is 12.7 Å². The van der Waals surface area contributed by atoms with Crippen LogP contribution in [-0.2, 0) is 11.0 Å². The van der Waals surface area contributed by atoms with Gasteiger partial charge >= 0.3 is 6.18 Å². The maximum atomic E-state index is 13.4. The number of anilines is 1. The molecule has 4 rings (SSSR count). The van der Waals surface area contributed by atoms with Gasteiger partial charge in [0.05, 0.1) is 27.4 Å². The molecular weight excluding hydrogens is 463 g/mol. The molecule has 0 radical (unpaired) electrons. The second kappa shape index (κ2) is 9.34. The highest BCUT2D eigenvalue weighted by molar-refractivity contribution is 8.00. The number of fused-ring (bicyclic) bond motifs is 1. The van der Waals surface area contributed by atoms with Gasteiger partial charge < -0.3 is 4.90 Å². The van der Waals surface area contributed by atoms with E-state index in [2.05, 4.69) is 4.98 Å². The zero-order valence-electron chi connectivity index (χ0n) is 18.3. The van der Waals surface area contributed by atoms with Gasteiger partial charge in [-0.15, -0.1) is 0 Å². The Labute approximate surface area is 197 Å². The smallest absolute Gasteiger partial charge is 0.315 e. The summed E-state index contributed by atoms with van der Waals surface area (Å²) in [6.07, 6.45) is -4.57. The van der Waals surface area contributed by atoms with E-state index >= 15 is 0 Å². The van der Waals surface area contributed by atoms with Crippen LogP contribution in [0.15, 0.2) is 88.8 Å². The molecule has 9 heteroatoms. The highest BCUT2D eigenvalue weighted by Gasteiger charge is 2.31. The average Bonchev–Trinajstić information content (AvgIpc) is 2.83. The van der Waals surface area contributed by atoms with Gasteiger partial charge in [0.15, 0.2) is 5.16 Å². The summed E-state index contributed by atoms with van der Waals surface area (Å²) in [6, 6.07) is 20.2. The van der Waals surface area contributed by atoms with Gasteiger partial charge in [0.25, 0.3) is 5.56 Å². The molecule has 3 aromatic carbocycles. The maximum absolute atomic E-state index is 13.4. The Morgan fingerprint density at radius 2 is 1.68 bits per heavy atom. The van der Waals surface area contributed by atoms with E-state index in [1.165, 1.54) is 17.0 Å². The van der Waals surface area contributed by atoms with Gasteiger partial charge in [0.1, 0.15) is 0 Å². The summed E-state index contributed by atoms with van der Waals surface area (Å²) in [6.45, 7) is 1.67. The van der Waals surface area contributed by atoms with Crippen LogP contribution in [0.1, 0.15) is 12.5 Å². The first-order valence-electron chi connectivity index (χ1n) is 10.4. The molecule has 0 bridgehead atoms. The molecule has 0 fully saturated rings. The van der Waals surface area contributed by atoms with Crippen molar-refractivity contribution in [3.8, 4) is 5.69 Å². The summed E-state index contributed by atoms with van der Waals surface area (Å²) >= 11 is 1.02. The van der Waals surface area contributed by atoms with Crippen LogP contribution in [0.5, 0.6) is 0 Å². The Balaban J connectivity index is 1.80. The van der Waals surface area contributed by atoms with Crippen LogP contribution in [0, 0.1) is 0 Å². The molecule has 4 aromatic rings. The molecule has 0 N–H and O–H groups in total. The summed E-state index contributed by atoms with van der Waals surface area (Å²) in [5, 5.41) is -0.273. The van der Waals surface area contributed by atoms with Gasteiger partial charge in [0.2, 0.25) is 5.91 Å². The van der Waals surface area contributed by atoms with Crippen molar-refractivity contribution in [3.05, 3.63) is 94.8 Å². The van der Waals surface area contributed by atoms with E-state index < -0.39 is 22.5 Å². The van der Waals surface area contributed by atoms with Crippen molar-refractivity contribution in [2.45, 2.75) is 23.5 Å². The molecule has 174 valence electrons. The van der Waals surface area contributed by atoms with Crippen LogP contribution < -0.4 is 10.5 Å². The van der Waals surface area contributed by atoms with Gasteiger partial charge in [-0.2, -0.15) is 13.2 Å². The normalized spacial score (nSPS) is 12.5. The van der Waals surface area contributed by atoms with E-state index in [1.807, 2.05) is 18.2 Å². The number of halogens is 3. The average molecular weight is 484 g/mol. The van der Waals surface area contributed by atoms with Crippen molar-refractivity contribution in [2.75, 3.05) is 11.9 Å². The van der Waals surface area contributed by atoms with Gasteiger partial charge in [-0.1, -0.05) is 48.2 Å². The number of thioether (sulfide) groups is 1. The van der Waals surface area contributed by atoms with Gasteiger partial charge in [-0.25, -0.2) is 4.98 Å². The Kier molecular flexibility index (Phi) is 6.47. The molecular formula is C25H20F3N3O2S. The first kappa shape index (κ1) is 23.6. The minimum atomic E-state index is -4.57. The summed E-state index contributed by atoms with van der Waals surface area (Å²) in [5.41, 5.74) is -0.273. The molecule has 1 unspecified atom stereocenters. The largest absolute Gasteiger partial charge is 0.416 e. The third-order valence-electron chi connectivity index (χ3n) is 5.28. The zero-order valence-corrected chi connectivity index (χ0v) is 19.1. The fourth-order valence-corrected chi connectivity index (χ4v) is 4.52. The number of para-hydroxylation sites is 2. The molecule has 1 heterocycles. The maximum Gasteiger partial charge on any atom is 0.416 e. The van der Waals surface area contributed by atoms with E-state index in [-0.39, 0.29) is 22.1 Å². The molecule has 1 amide bonds. The second-order valence-electron chi connectivity index (χ2n) is 7.59. The molecule has 1 atom stereocenters. The molecule has 1 aromatic heterocycles. The predicted molar refractivity (Wildman–Crippen MR) is 128 cm³/mol. The lowest BCUT2D eigenvalue weighted by molar-refractivity contribution is -0.137. The fourth-order valence-electron chi connectivity index (χ4n) is 3.50. The number of benzene rings is 3. The first-order chi connectivity index (χ1) is 16.2. The summed E-state index contributed by atoms with van der Waals surface area (Å²) < 4.78 is 41.2. The molecule has 5 nitrogen and oxygen atoms in total. The molecule has 0 aliphatic heterocycles. The number of aromatic nitrogens is 2. The summed E-state index contributed by atoms with van der Waals surface area (Å²) in [7, 11) is 1.64. The van der Waals surface area contributed by atoms with Crippen LogP contribution in [-0.4, -0.2) is 27.8 Å². The molecule has 0 aliphatic rings. The van der Waals surface area contributed by atoms with E-state index in [4.69, 9.17) is 0 Å². The minimum absolute atomic E-state index is 0.0247. The van der Waals surface area contributed by atoms with E-state index in [9.17, 15) is 22.8 Å². The van der Waals surface area contributed by atoms with Crippen molar-refractivity contribution < 1.29 is 18.0 Å². The predicted octanol–water partition coefficient (Wildman–Crippen LogP) is 5.55. The van der Waals surface area contributed by atoms with E-state index in [0.717, 1.165) is 28.5 Å². The third kappa shape index (κ3) is 4.70. The third-order valence-corrected chi connectivity index (χ3v) is 6.32. The number of rotatable bonds is 5. The number of hydrogen-bond acceptors (Lipinski definition) is 4. The van der Waals surface area contributed by atoms with Crippen LogP contribution in [0.4, 0.5) is 18.9 Å². The number of alkyl halides is 3. The number of nitrogens with zero attached hydrogens (tertiary/aromatic N) is 3. The van der Waals surface area contributed by atoms with Crippen LogP contribution in [0.2, 0.25) is 0 Å². The lowest BCUT2D eigenvalue weighted by atomic mass is 10.2. The highest BCUT2D eigenvalue weighted by atomic mass is 32.2. The molecule has 0 aliphatic carbocycles.